The lowest BCUT2D eigenvalue weighted by molar-refractivity contribution is -0.139. The Hall–Kier alpha value is -1.17. The highest BCUT2D eigenvalue weighted by Gasteiger charge is 2.17. The summed E-state index contributed by atoms with van der Waals surface area (Å²) in [5, 5.41) is 14.3. The Morgan fingerprint density at radius 1 is 1.53 bits per heavy atom. The normalized spacial score (nSPS) is 13.5. The van der Waals surface area contributed by atoms with Crippen LogP contribution in [0.2, 0.25) is 0 Å². The Labute approximate surface area is 106 Å². The molecule has 17 heavy (non-hydrogen) atoms. The third kappa shape index (κ3) is 7.68. The maximum absolute atomic E-state index is 11.4. The predicted octanol–water partition coefficient (Wildman–Crippen LogP) is 1.46. The van der Waals surface area contributed by atoms with Crippen LogP contribution in [-0.4, -0.2) is 41.2 Å². The molecule has 0 heterocycles. The summed E-state index contributed by atoms with van der Waals surface area (Å²) >= 11 is 1.72. The lowest BCUT2D eigenvalue weighted by Gasteiger charge is -2.14. The van der Waals surface area contributed by atoms with Gasteiger partial charge in [0.1, 0.15) is 6.04 Å². The molecule has 0 fully saturated rings. The molecule has 0 bridgehead atoms. The van der Waals surface area contributed by atoms with Crippen molar-refractivity contribution in [2.24, 2.45) is 0 Å². The monoisotopic (exact) mass is 260 g/mol. The molecule has 98 valence electrons. The molecule has 2 unspecified atom stereocenters. The van der Waals surface area contributed by atoms with Gasteiger partial charge in [0.25, 0.3) is 0 Å². The summed E-state index contributed by atoms with van der Waals surface area (Å²) in [5.74, 6) is -1.06. The Kier molecular flexibility index (Phi) is 8.31. The first-order valence-corrected chi connectivity index (χ1v) is 6.70. The Bertz CT molecular complexity index is 271. The van der Waals surface area contributed by atoms with Crippen LogP contribution in [0.5, 0.6) is 0 Å². The summed E-state index contributed by atoms with van der Waals surface area (Å²) in [6, 6.07) is -1.36. The molecule has 0 spiro atoms. The van der Waals surface area contributed by atoms with Gasteiger partial charge in [-0.25, -0.2) is 9.59 Å². The van der Waals surface area contributed by atoms with E-state index >= 15 is 0 Å². The zero-order valence-corrected chi connectivity index (χ0v) is 11.0. The van der Waals surface area contributed by atoms with E-state index in [1.54, 1.807) is 11.8 Å². The van der Waals surface area contributed by atoms with Crippen molar-refractivity contribution < 1.29 is 14.7 Å². The molecule has 0 aromatic rings. The molecule has 6 heteroatoms. The number of nitrogens with one attached hydrogen (secondary N) is 2. The van der Waals surface area contributed by atoms with Gasteiger partial charge in [0.05, 0.1) is 0 Å². The van der Waals surface area contributed by atoms with Crippen molar-refractivity contribution in [1.82, 2.24) is 10.6 Å². The highest BCUT2D eigenvalue weighted by atomic mass is 32.2. The Balaban J connectivity index is 3.90. The fourth-order valence-corrected chi connectivity index (χ4v) is 1.46. The van der Waals surface area contributed by atoms with E-state index in [-0.39, 0.29) is 6.42 Å². The van der Waals surface area contributed by atoms with Crippen molar-refractivity contribution in [2.45, 2.75) is 31.1 Å². The summed E-state index contributed by atoms with van der Waals surface area (Å²) in [7, 11) is 0. The molecular formula is C11H20N2O3S. The lowest BCUT2D eigenvalue weighted by atomic mass is 10.2. The van der Waals surface area contributed by atoms with Gasteiger partial charge < -0.3 is 15.7 Å². The quantitative estimate of drug-likeness (QED) is 0.577. The summed E-state index contributed by atoms with van der Waals surface area (Å²) in [5.41, 5.74) is 0. The maximum atomic E-state index is 11.4. The molecule has 2 amide bonds. The number of amides is 2. The summed E-state index contributed by atoms with van der Waals surface area (Å²) in [4.78, 5) is 22.1. The van der Waals surface area contributed by atoms with E-state index in [1.807, 2.05) is 6.26 Å². The molecule has 0 aromatic heterocycles. The van der Waals surface area contributed by atoms with Crippen LogP contribution in [-0.2, 0) is 4.79 Å². The van der Waals surface area contributed by atoms with Gasteiger partial charge >= 0.3 is 12.0 Å². The van der Waals surface area contributed by atoms with Crippen LogP contribution in [0, 0.1) is 0 Å². The second-order valence-corrected chi connectivity index (χ2v) is 4.93. The first kappa shape index (κ1) is 15.8. The number of hydrogen-bond acceptors (Lipinski definition) is 3. The van der Waals surface area contributed by atoms with Crippen LogP contribution >= 0.6 is 11.8 Å². The van der Waals surface area contributed by atoms with Gasteiger partial charge in [-0.15, -0.1) is 6.58 Å². The van der Waals surface area contributed by atoms with Gasteiger partial charge in [-0.3, -0.25) is 0 Å². The van der Waals surface area contributed by atoms with E-state index in [9.17, 15) is 9.59 Å². The summed E-state index contributed by atoms with van der Waals surface area (Å²) in [6.45, 7) is 6.06. The molecular weight excluding hydrogens is 240 g/mol. The minimum absolute atomic E-state index is 0.212. The van der Waals surface area contributed by atoms with Gasteiger partial charge in [-0.2, -0.15) is 11.8 Å². The van der Waals surface area contributed by atoms with Gasteiger partial charge in [0, 0.05) is 11.8 Å². The summed E-state index contributed by atoms with van der Waals surface area (Å²) < 4.78 is 0. The molecule has 5 nitrogen and oxygen atoms in total. The molecule has 0 aliphatic heterocycles. The first-order valence-electron chi connectivity index (χ1n) is 5.42. The number of aliphatic carboxylic acids is 1. The summed E-state index contributed by atoms with van der Waals surface area (Å²) in [6.07, 6.45) is 4.54. The minimum atomic E-state index is -1.06. The SMILES string of the molecule is C=CCC(NC(=O)NCCC(C)SC)C(=O)O. The molecule has 0 saturated carbocycles. The van der Waals surface area contributed by atoms with Gasteiger partial charge in [0.15, 0.2) is 0 Å². The van der Waals surface area contributed by atoms with Crippen LogP contribution in [0.4, 0.5) is 4.79 Å². The Morgan fingerprint density at radius 3 is 2.65 bits per heavy atom. The van der Waals surface area contributed by atoms with Gasteiger partial charge in [0.2, 0.25) is 0 Å². The number of hydrogen-bond donors (Lipinski definition) is 3. The smallest absolute Gasteiger partial charge is 0.326 e. The topological polar surface area (TPSA) is 78.4 Å². The van der Waals surface area contributed by atoms with E-state index < -0.39 is 18.0 Å². The van der Waals surface area contributed by atoms with Gasteiger partial charge in [-0.05, 0) is 19.1 Å². The standard InChI is InChI=1S/C11H20N2O3S/c1-4-5-9(10(14)15)13-11(16)12-7-6-8(2)17-3/h4,8-9H,1,5-7H2,2-3H3,(H,14,15)(H2,12,13,16). The fourth-order valence-electron chi connectivity index (χ4n) is 1.10. The number of rotatable bonds is 8. The van der Waals surface area contributed by atoms with Crippen molar-refractivity contribution in [1.29, 1.82) is 0 Å². The molecule has 2 atom stereocenters. The van der Waals surface area contributed by atoms with E-state index in [0.29, 0.717) is 11.8 Å². The van der Waals surface area contributed by atoms with Crippen LogP contribution in [0.3, 0.4) is 0 Å². The molecule has 0 aliphatic rings. The minimum Gasteiger partial charge on any atom is -0.480 e. The average molecular weight is 260 g/mol. The largest absolute Gasteiger partial charge is 0.480 e. The van der Waals surface area contributed by atoms with E-state index in [4.69, 9.17) is 5.11 Å². The highest BCUT2D eigenvalue weighted by Crippen LogP contribution is 2.07. The number of carbonyl (C=O) groups is 2. The molecule has 3 N–H and O–H groups in total. The second kappa shape index (κ2) is 8.92. The molecule has 0 aromatic carbocycles. The Morgan fingerprint density at radius 2 is 2.18 bits per heavy atom. The van der Waals surface area contributed by atoms with Crippen LogP contribution in [0.15, 0.2) is 12.7 Å². The molecule has 0 rings (SSSR count). The highest BCUT2D eigenvalue weighted by molar-refractivity contribution is 7.99. The fraction of sp³-hybridized carbons (Fsp3) is 0.636. The van der Waals surface area contributed by atoms with E-state index in [0.717, 1.165) is 6.42 Å². The van der Waals surface area contributed by atoms with E-state index in [2.05, 4.69) is 24.1 Å². The number of thioether (sulfide) groups is 1. The lowest BCUT2D eigenvalue weighted by Crippen LogP contribution is -2.46. The maximum Gasteiger partial charge on any atom is 0.326 e. The number of urea groups is 1. The predicted molar refractivity (Wildman–Crippen MR) is 70.4 cm³/mol. The van der Waals surface area contributed by atoms with Gasteiger partial charge in [-0.1, -0.05) is 13.0 Å². The van der Waals surface area contributed by atoms with Crippen molar-refractivity contribution in [2.75, 3.05) is 12.8 Å². The van der Waals surface area contributed by atoms with Crippen molar-refractivity contribution >= 4 is 23.8 Å². The van der Waals surface area contributed by atoms with Crippen LogP contribution in [0.25, 0.3) is 0 Å². The average Bonchev–Trinajstić information content (AvgIpc) is 2.28. The first-order chi connectivity index (χ1) is 8.01. The third-order valence-corrected chi connectivity index (χ3v) is 3.29. The van der Waals surface area contributed by atoms with E-state index in [1.165, 1.54) is 6.08 Å². The van der Waals surface area contributed by atoms with Crippen molar-refractivity contribution in [3.05, 3.63) is 12.7 Å². The zero-order chi connectivity index (χ0) is 13.3. The molecule has 0 aliphatic carbocycles. The molecule has 0 radical (unpaired) electrons. The van der Waals surface area contributed by atoms with Crippen molar-refractivity contribution in [3.8, 4) is 0 Å². The van der Waals surface area contributed by atoms with Crippen LogP contribution in [0.1, 0.15) is 19.8 Å². The second-order valence-electron chi connectivity index (χ2n) is 3.65. The van der Waals surface area contributed by atoms with Crippen molar-refractivity contribution in [3.63, 3.8) is 0 Å². The number of carbonyl (C=O) groups excluding carboxylic acids is 1. The number of carboxylic acid groups (broad SMARTS) is 1. The van der Waals surface area contributed by atoms with Crippen LogP contribution < -0.4 is 10.6 Å². The number of carboxylic acids is 1. The molecule has 0 saturated heterocycles. The third-order valence-electron chi connectivity index (χ3n) is 2.24. The zero-order valence-electron chi connectivity index (χ0n) is 10.2.